The molecule has 0 aliphatic rings. The van der Waals surface area contributed by atoms with Gasteiger partial charge in [-0.2, -0.15) is 0 Å². The molecule has 0 radical (unpaired) electrons. The fourth-order valence-corrected chi connectivity index (χ4v) is 1.40. The molecule has 0 amide bonds. The summed E-state index contributed by atoms with van der Waals surface area (Å²) in [6, 6.07) is 5.31. The van der Waals surface area contributed by atoms with Gasteiger partial charge >= 0.3 is 5.97 Å². The fourth-order valence-electron chi connectivity index (χ4n) is 1.40. The second-order valence-corrected chi connectivity index (χ2v) is 3.48. The minimum atomic E-state index is -0.967. The van der Waals surface area contributed by atoms with Crippen molar-refractivity contribution in [3.05, 3.63) is 41.2 Å². The number of ketones is 1. The molecule has 0 aromatic heterocycles. The molecule has 0 bridgehead atoms. The third kappa shape index (κ3) is 2.94. The number of hydrogen-bond donors (Lipinski definition) is 1. The number of Topliss-reactive ketones (excluding diaryl/α,β-unsaturated/α-hetero) is 1. The van der Waals surface area contributed by atoms with Crippen molar-refractivity contribution in [1.82, 2.24) is 0 Å². The van der Waals surface area contributed by atoms with Gasteiger partial charge in [-0.25, -0.2) is 9.18 Å². The van der Waals surface area contributed by atoms with Crippen LogP contribution in [0.25, 0.3) is 5.76 Å². The van der Waals surface area contributed by atoms with E-state index in [2.05, 4.69) is 4.74 Å². The van der Waals surface area contributed by atoms with Gasteiger partial charge in [0.25, 0.3) is 0 Å². The van der Waals surface area contributed by atoms with Crippen molar-refractivity contribution in [3.63, 3.8) is 0 Å². The van der Waals surface area contributed by atoms with Crippen LogP contribution in [-0.2, 0) is 14.3 Å². The van der Waals surface area contributed by atoms with Gasteiger partial charge in [-0.3, -0.25) is 4.79 Å². The van der Waals surface area contributed by atoms with E-state index in [1.54, 1.807) is 6.92 Å². The number of aliphatic hydroxyl groups excluding tert-OH is 1. The van der Waals surface area contributed by atoms with Crippen LogP contribution in [0.4, 0.5) is 4.39 Å². The lowest BCUT2D eigenvalue weighted by Crippen LogP contribution is -2.16. The standard InChI is InChI=1S/C13H13FO4/c1-3-18-13(17)11(8(2)15)12(16)9-6-4-5-7-10(9)14/h4-7,16H,3H2,1-2H3/b12-11-. The largest absolute Gasteiger partial charge is 0.506 e. The summed E-state index contributed by atoms with van der Waals surface area (Å²) in [6.45, 7) is 2.72. The maximum Gasteiger partial charge on any atom is 0.345 e. The quantitative estimate of drug-likeness (QED) is 0.293. The second-order valence-electron chi connectivity index (χ2n) is 3.48. The lowest BCUT2D eigenvalue weighted by atomic mass is 10.1. The summed E-state index contributed by atoms with van der Waals surface area (Å²) in [7, 11) is 0. The summed E-state index contributed by atoms with van der Waals surface area (Å²) in [6.07, 6.45) is 0. The van der Waals surface area contributed by atoms with E-state index in [4.69, 9.17) is 0 Å². The van der Waals surface area contributed by atoms with Crippen molar-refractivity contribution in [3.8, 4) is 0 Å². The predicted molar refractivity (Wildman–Crippen MR) is 63.3 cm³/mol. The minimum absolute atomic E-state index is 0.0557. The second kappa shape index (κ2) is 5.95. The summed E-state index contributed by atoms with van der Waals surface area (Å²) in [4.78, 5) is 22.9. The number of rotatable bonds is 4. The van der Waals surface area contributed by atoms with Crippen LogP contribution in [0.5, 0.6) is 0 Å². The zero-order valence-corrected chi connectivity index (χ0v) is 10.1. The maximum absolute atomic E-state index is 13.5. The number of carbonyl (C=O) groups is 2. The van der Waals surface area contributed by atoms with E-state index >= 15 is 0 Å². The summed E-state index contributed by atoms with van der Waals surface area (Å²) in [5.41, 5.74) is -0.766. The van der Waals surface area contributed by atoms with Crippen molar-refractivity contribution < 1.29 is 23.8 Å². The molecule has 0 atom stereocenters. The van der Waals surface area contributed by atoms with Gasteiger partial charge in [0.15, 0.2) is 5.78 Å². The first-order valence-corrected chi connectivity index (χ1v) is 5.35. The zero-order valence-electron chi connectivity index (χ0n) is 10.1. The SMILES string of the molecule is CCOC(=O)/C(C(C)=O)=C(\O)c1ccccc1F. The summed E-state index contributed by atoms with van der Waals surface area (Å²) in [5, 5.41) is 9.85. The molecular weight excluding hydrogens is 239 g/mol. The zero-order chi connectivity index (χ0) is 13.7. The van der Waals surface area contributed by atoms with E-state index in [1.807, 2.05) is 0 Å². The Labute approximate surface area is 104 Å². The summed E-state index contributed by atoms with van der Waals surface area (Å²) < 4.78 is 18.1. The minimum Gasteiger partial charge on any atom is -0.506 e. The molecule has 0 saturated heterocycles. The van der Waals surface area contributed by atoms with Crippen LogP contribution in [0.15, 0.2) is 29.8 Å². The molecule has 0 aliphatic heterocycles. The topological polar surface area (TPSA) is 63.6 Å². The molecule has 0 saturated carbocycles. The molecule has 0 unspecified atom stereocenters. The molecule has 0 fully saturated rings. The van der Waals surface area contributed by atoms with Crippen LogP contribution in [0.3, 0.4) is 0 Å². The molecule has 1 aromatic rings. The van der Waals surface area contributed by atoms with E-state index in [-0.39, 0.29) is 12.2 Å². The molecule has 1 rings (SSSR count). The van der Waals surface area contributed by atoms with E-state index in [0.29, 0.717) is 0 Å². The lowest BCUT2D eigenvalue weighted by molar-refractivity contribution is -0.139. The first-order chi connectivity index (χ1) is 8.49. The molecular formula is C13H13FO4. The highest BCUT2D eigenvalue weighted by Gasteiger charge is 2.23. The van der Waals surface area contributed by atoms with Gasteiger partial charge in [0.1, 0.15) is 17.1 Å². The third-order valence-electron chi connectivity index (χ3n) is 2.20. The Morgan fingerprint density at radius 1 is 1.33 bits per heavy atom. The number of benzene rings is 1. The number of carbonyl (C=O) groups excluding carboxylic acids is 2. The highest BCUT2D eigenvalue weighted by Crippen LogP contribution is 2.20. The number of esters is 1. The average molecular weight is 252 g/mol. The van der Waals surface area contributed by atoms with Gasteiger partial charge in [-0.15, -0.1) is 0 Å². The summed E-state index contributed by atoms with van der Waals surface area (Å²) >= 11 is 0. The van der Waals surface area contributed by atoms with Crippen LogP contribution in [0.2, 0.25) is 0 Å². The molecule has 0 spiro atoms. The van der Waals surface area contributed by atoms with E-state index in [1.165, 1.54) is 18.2 Å². The monoisotopic (exact) mass is 252 g/mol. The first kappa shape index (κ1) is 13.9. The van der Waals surface area contributed by atoms with Gasteiger partial charge in [-0.05, 0) is 26.0 Å². The van der Waals surface area contributed by atoms with Crippen molar-refractivity contribution in [2.24, 2.45) is 0 Å². The van der Waals surface area contributed by atoms with Crippen LogP contribution < -0.4 is 0 Å². The lowest BCUT2D eigenvalue weighted by Gasteiger charge is -2.08. The van der Waals surface area contributed by atoms with Crippen molar-refractivity contribution in [2.45, 2.75) is 13.8 Å². The van der Waals surface area contributed by atoms with Crippen LogP contribution in [-0.4, -0.2) is 23.5 Å². The molecule has 0 aliphatic carbocycles. The first-order valence-electron chi connectivity index (χ1n) is 5.35. The molecule has 1 aromatic carbocycles. The molecule has 1 N–H and O–H groups in total. The fraction of sp³-hybridized carbons (Fsp3) is 0.231. The van der Waals surface area contributed by atoms with E-state index in [0.717, 1.165) is 13.0 Å². The van der Waals surface area contributed by atoms with Crippen LogP contribution in [0.1, 0.15) is 19.4 Å². The maximum atomic E-state index is 13.5. The smallest absolute Gasteiger partial charge is 0.345 e. The van der Waals surface area contributed by atoms with E-state index in [9.17, 15) is 19.1 Å². The Kier molecular flexibility index (Phi) is 4.59. The number of ether oxygens (including phenoxy) is 1. The highest BCUT2D eigenvalue weighted by molar-refractivity contribution is 6.21. The van der Waals surface area contributed by atoms with Crippen LogP contribution in [0, 0.1) is 5.82 Å². The van der Waals surface area contributed by atoms with Gasteiger partial charge in [-0.1, -0.05) is 12.1 Å². The van der Waals surface area contributed by atoms with Gasteiger partial charge in [0, 0.05) is 0 Å². The molecule has 5 heteroatoms. The van der Waals surface area contributed by atoms with Gasteiger partial charge in [0.2, 0.25) is 0 Å². The normalized spacial score (nSPS) is 11.7. The third-order valence-corrected chi connectivity index (χ3v) is 2.20. The molecule has 4 nitrogen and oxygen atoms in total. The van der Waals surface area contributed by atoms with E-state index < -0.39 is 28.9 Å². The Bertz CT molecular complexity index is 505. The number of hydrogen-bond acceptors (Lipinski definition) is 4. The molecule has 96 valence electrons. The molecule has 18 heavy (non-hydrogen) atoms. The van der Waals surface area contributed by atoms with Gasteiger partial charge < -0.3 is 9.84 Å². The van der Waals surface area contributed by atoms with Crippen LogP contribution >= 0.6 is 0 Å². The van der Waals surface area contributed by atoms with Crippen molar-refractivity contribution in [1.29, 1.82) is 0 Å². The number of halogens is 1. The van der Waals surface area contributed by atoms with Crippen molar-refractivity contribution in [2.75, 3.05) is 6.61 Å². The molecule has 0 heterocycles. The Morgan fingerprint density at radius 2 is 1.94 bits per heavy atom. The summed E-state index contributed by atoms with van der Waals surface area (Å²) in [5.74, 6) is -3.09. The van der Waals surface area contributed by atoms with Crippen molar-refractivity contribution >= 4 is 17.5 Å². The predicted octanol–water partition coefficient (Wildman–Crippen LogP) is 2.25. The number of aliphatic hydroxyl groups is 1. The Morgan fingerprint density at radius 3 is 2.44 bits per heavy atom. The Hall–Kier alpha value is -2.17. The Balaban J connectivity index is 3.33. The highest BCUT2D eigenvalue weighted by atomic mass is 19.1. The van der Waals surface area contributed by atoms with Gasteiger partial charge in [0.05, 0.1) is 12.2 Å². The average Bonchev–Trinajstić information content (AvgIpc) is 2.29.